The quantitative estimate of drug-likeness (QED) is 0.798. The van der Waals surface area contributed by atoms with E-state index in [0.717, 1.165) is 27.7 Å². The molecule has 5 heteroatoms. The summed E-state index contributed by atoms with van der Waals surface area (Å²) in [5, 5.41) is 2.85. The van der Waals surface area contributed by atoms with E-state index in [4.69, 9.17) is 0 Å². The molecule has 0 unspecified atom stereocenters. The van der Waals surface area contributed by atoms with Crippen molar-refractivity contribution in [3.8, 4) is 0 Å². The number of benzene rings is 2. The Kier molecular flexibility index (Phi) is 4.14. The minimum atomic E-state index is -1.46. The van der Waals surface area contributed by atoms with Crippen LogP contribution in [0.2, 0.25) is 0 Å². The summed E-state index contributed by atoms with van der Waals surface area (Å²) in [4.78, 5) is 0. The molecule has 1 N–H and O–H groups in total. The summed E-state index contributed by atoms with van der Waals surface area (Å²) in [5.41, 5.74) is 2.24. The molecule has 2 aromatic carbocycles. The van der Waals surface area contributed by atoms with E-state index in [1.54, 1.807) is 0 Å². The highest BCUT2D eigenvalue weighted by Crippen LogP contribution is 2.21. The molecule has 0 bridgehead atoms. The van der Waals surface area contributed by atoms with E-state index in [9.17, 15) is 13.2 Å². The molecule has 0 spiro atoms. The highest BCUT2D eigenvalue weighted by atomic mass is 79.9. The second kappa shape index (κ2) is 5.65. The molecule has 0 atom stereocenters. The molecule has 2 aromatic rings. The molecular weight excluding hydrogens is 319 g/mol. The average Bonchev–Trinajstić information content (AvgIpc) is 2.34. The minimum Gasteiger partial charge on any atom is -0.381 e. The molecule has 2 rings (SSSR count). The van der Waals surface area contributed by atoms with Gasteiger partial charge in [-0.3, -0.25) is 0 Å². The van der Waals surface area contributed by atoms with E-state index < -0.39 is 17.5 Å². The fourth-order valence-electron chi connectivity index (χ4n) is 1.65. The van der Waals surface area contributed by atoms with Crippen LogP contribution in [0.5, 0.6) is 0 Å². The summed E-state index contributed by atoms with van der Waals surface area (Å²) in [6.45, 7) is 2.35. The smallest absolute Gasteiger partial charge is 0.194 e. The van der Waals surface area contributed by atoms with Crippen LogP contribution in [-0.4, -0.2) is 0 Å². The van der Waals surface area contributed by atoms with Crippen molar-refractivity contribution in [2.45, 2.75) is 13.5 Å². The van der Waals surface area contributed by atoms with Crippen molar-refractivity contribution < 1.29 is 13.2 Å². The van der Waals surface area contributed by atoms with Gasteiger partial charge >= 0.3 is 0 Å². The molecule has 1 nitrogen and oxygen atoms in total. The van der Waals surface area contributed by atoms with Gasteiger partial charge in [0, 0.05) is 28.8 Å². The van der Waals surface area contributed by atoms with Gasteiger partial charge in [-0.2, -0.15) is 0 Å². The lowest BCUT2D eigenvalue weighted by molar-refractivity contribution is 0.447. The molecule has 19 heavy (non-hydrogen) atoms. The first-order valence-electron chi connectivity index (χ1n) is 5.61. The largest absolute Gasteiger partial charge is 0.381 e. The number of nitrogens with one attached hydrogen (secondary N) is 1. The van der Waals surface area contributed by atoms with E-state index in [1.165, 1.54) is 0 Å². The van der Waals surface area contributed by atoms with Crippen LogP contribution in [-0.2, 0) is 6.54 Å². The van der Waals surface area contributed by atoms with Gasteiger partial charge in [0.2, 0.25) is 0 Å². The highest BCUT2D eigenvalue weighted by molar-refractivity contribution is 9.10. The van der Waals surface area contributed by atoms with Crippen LogP contribution in [0, 0.1) is 24.4 Å². The topological polar surface area (TPSA) is 12.0 Å². The molecular formula is C14H11BrF3N. The average molecular weight is 330 g/mol. The van der Waals surface area contributed by atoms with E-state index >= 15 is 0 Å². The molecule has 0 amide bonds. The molecule has 0 aromatic heterocycles. The standard InChI is InChI=1S/C14H11BrF3N/c1-8-2-3-9(11(15)4-8)7-19-10-5-12(16)14(18)13(17)6-10/h2-6,19H,7H2,1H3. The number of hydrogen-bond acceptors (Lipinski definition) is 1. The van der Waals surface area contributed by atoms with Gasteiger partial charge in [0.15, 0.2) is 17.5 Å². The van der Waals surface area contributed by atoms with E-state index in [2.05, 4.69) is 21.2 Å². The number of halogens is 4. The SMILES string of the molecule is Cc1ccc(CNc2cc(F)c(F)c(F)c2)c(Br)c1. The molecule has 100 valence electrons. The summed E-state index contributed by atoms with van der Waals surface area (Å²) >= 11 is 3.41. The Labute approximate surface area is 117 Å². The first-order chi connectivity index (χ1) is 8.97. The Morgan fingerprint density at radius 1 is 1.05 bits per heavy atom. The summed E-state index contributed by atoms with van der Waals surface area (Å²) in [5.74, 6) is -3.86. The third-order valence-electron chi connectivity index (χ3n) is 2.68. The van der Waals surface area contributed by atoms with Crippen LogP contribution in [0.15, 0.2) is 34.8 Å². The van der Waals surface area contributed by atoms with Crippen LogP contribution in [0.1, 0.15) is 11.1 Å². The lowest BCUT2D eigenvalue weighted by atomic mass is 10.1. The Bertz CT molecular complexity index is 591. The number of aryl methyl sites for hydroxylation is 1. The van der Waals surface area contributed by atoms with E-state index in [1.807, 2.05) is 25.1 Å². The monoisotopic (exact) mass is 329 g/mol. The van der Waals surface area contributed by atoms with Gasteiger partial charge in [0.05, 0.1) is 0 Å². The van der Waals surface area contributed by atoms with E-state index in [0.29, 0.717) is 6.54 Å². The van der Waals surface area contributed by atoms with Crippen LogP contribution in [0.25, 0.3) is 0 Å². The molecule has 0 aliphatic heterocycles. The van der Waals surface area contributed by atoms with Crippen molar-refractivity contribution in [2.24, 2.45) is 0 Å². The normalized spacial score (nSPS) is 10.6. The third-order valence-corrected chi connectivity index (χ3v) is 3.41. The lowest BCUT2D eigenvalue weighted by Crippen LogP contribution is -2.02. The summed E-state index contributed by atoms with van der Waals surface area (Å²) < 4.78 is 39.8. The van der Waals surface area contributed by atoms with Crippen molar-refractivity contribution in [3.05, 3.63) is 63.4 Å². The van der Waals surface area contributed by atoms with Crippen molar-refractivity contribution in [3.63, 3.8) is 0 Å². The van der Waals surface area contributed by atoms with Crippen molar-refractivity contribution in [2.75, 3.05) is 5.32 Å². The van der Waals surface area contributed by atoms with Crippen LogP contribution < -0.4 is 5.32 Å². The van der Waals surface area contributed by atoms with Crippen LogP contribution >= 0.6 is 15.9 Å². The molecule has 0 aliphatic rings. The first kappa shape index (κ1) is 13.9. The Morgan fingerprint density at radius 2 is 1.68 bits per heavy atom. The fraction of sp³-hybridized carbons (Fsp3) is 0.143. The van der Waals surface area contributed by atoms with Gasteiger partial charge in [-0.1, -0.05) is 28.1 Å². The van der Waals surface area contributed by atoms with Crippen LogP contribution in [0.3, 0.4) is 0 Å². The van der Waals surface area contributed by atoms with Gasteiger partial charge in [-0.25, -0.2) is 13.2 Å². The zero-order valence-corrected chi connectivity index (χ0v) is 11.7. The van der Waals surface area contributed by atoms with E-state index in [-0.39, 0.29) is 5.69 Å². The third kappa shape index (κ3) is 3.29. The molecule has 0 saturated carbocycles. The fourth-order valence-corrected chi connectivity index (χ4v) is 2.28. The summed E-state index contributed by atoms with van der Waals surface area (Å²) in [6.07, 6.45) is 0. The Hall–Kier alpha value is -1.49. The predicted molar refractivity (Wildman–Crippen MR) is 72.5 cm³/mol. The maximum atomic E-state index is 13.0. The Balaban J connectivity index is 2.14. The summed E-state index contributed by atoms with van der Waals surface area (Å²) in [6, 6.07) is 7.65. The summed E-state index contributed by atoms with van der Waals surface area (Å²) in [7, 11) is 0. The van der Waals surface area contributed by atoms with Crippen molar-refractivity contribution >= 4 is 21.6 Å². The highest BCUT2D eigenvalue weighted by Gasteiger charge is 2.10. The number of rotatable bonds is 3. The molecule has 0 heterocycles. The molecule has 0 radical (unpaired) electrons. The van der Waals surface area contributed by atoms with Gasteiger partial charge in [-0.15, -0.1) is 0 Å². The number of hydrogen-bond donors (Lipinski definition) is 1. The van der Waals surface area contributed by atoms with Crippen LogP contribution in [0.4, 0.5) is 18.9 Å². The second-order valence-corrected chi connectivity index (χ2v) is 5.06. The minimum absolute atomic E-state index is 0.198. The van der Waals surface area contributed by atoms with Gasteiger partial charge in [0.1, 0.15) is 0 Å². The maximum absolute atomic E-state index is 13.0. The molecule has 0 fully saturated rings. The maximum Gasteiger partial charge on any atom is 0.194 e. The molecule has 0 saturated heterocycles. The number of anilines is 1. The van der Waals surface area contributed by atoms with Gasteiger partial charge in [0.25, 0.3) is 0 Å². The van der Waals surface area contributed by atoms with Gasteiger partial charge < -0.3 is 5.32 Å². The first-order valence-corrected chi connectivity index (χ1v) is 6.40. The Morgan fingerprint density at radius 3 is 2.26 bits per heavy atom. The lowest BCUT2D eigenvalue weighted by Gasteiger charge is -2.09. The van der Waals surface area contributed by atoms with Crippen molar-refractivity contribution in [1.29, 1.82) is 0 Å². The predicted octanol–water partition coefficient (Wildman–Crippen LogP) is 4.79. The van der Waals surface area contributed by atoms with Crippen molar-refractivity contribution in [1.82, 2.24) is 0 Å². The molecule has 0 aliphatic carbocycles. The zero-order chi connectivity index (χ0) is 14.0. The second-order valence-electron chi connectivity index (χ2n) is 4.20. The zero-order valence-electron chi connectivity index (χ0n) is 10.1. The van der Waals surface area contributed by atoms with Gasteiger partial charge in [-0.05, 0) is 24.1 Å².